The van der Waals surface area contributed by atoms with E-state index in [2.05, 4.69) is 252 Å². The maximum atomic E-state index is 2.41. The van der Waals surface area contributed by atoms with Gasteiger partial charge >= 0.3 is 0 Å². The lowest BCUT2D eigenvalue weighted by Crippen LogP contribution is -2.10. The summed E-state index contributed by atoms with van der Waals surface area (Å²) in [6.07, 6.45) is 0. The van der Waals surface area contributed by atoms with Gasteiger partial charge in [0.1, 0.15) is 0 Å². The molecule has 0 N–H and O–H groups in total. The van der Waals surface area contributed by atoms with Gasteiger partial charge in [-0.3, -0.25) is 0 Å². The first-order chi connectivity index (χ1) is 29.8. The van der Waals surface area contributed by atoms with E-state index in [0.717, 1.165) is 28.3 Å². The number of hydrogen-bond acceptors (Lipinski definition) is 1. The molecule has 0 saturated heterocycles. The number of rotatable bonds is 8. The zero-order chi connectivity index (χ0) is 39.8. The van der Waals surface area contributed by atoms with Crippen molar-refractivity contribution in [2.75, 3.05) is 4.90 Å². The van der Waals surface area contributed by atoms with Crippen molar-refractivity contribution in [1.29, 1.82) is 0 Å². The molecule has 0 aliphatic heterocycles. The molecule has 11 aromatic rings. The average Bonchev–Trinajstić information content (AvgIpc) is 3.67. The minimum Gasteiger partial charge on any atom is -0.310 e. The third kappa shape index (κ3) is 6.32. The van der Waals surface area contributed by atoms with Gasteiger partial charge in [-0.05, 0) is 104 Å². The molecule has 0 unspecified atom stereocenters. The molecule has 282 valence electrons. The predicted molar refractivity (Wildman–Crippen MR) is 255 cm³/mol. The van der Waals surface area contributed by atoms with Crippen LogP contribution in [0.1, 0.15) is 0 Å². The van der Waals surface area contributed by atoms with E-state index in [0.29, 0.717) is 0 Å². The number of hydrogen-bond donors (Lipinski definition) is 0. The van der Waals surface area contributed by atoms with E-state index in [9.17, 15) is 0 Å². The largest absolute Gasteiger partial charge is 0.310 e. The fourth-order valence-corrected chi connectivity index (χ4v) is 8.91. The number of fused-ring (bicyclic) bond motifs is 4. The molecule has 60 heavy (non-hydrogen) atoms. The Morgan fingerprint density at radius 3 is 1.38 bits per heavy atom. The minimum absolute atomic E-state index is 1.09. The number of para-hydroxylation sites is 3. The van der Waals surface area contributed by atoms with Gasteiger partial charge in [0.05, 0.1) is 16.7 Å². The van der Waals surface area contributed by atoms with E-state index in [1.807, 2.05) is 0 Å². The van der Waals surface area contributed by atoms with E-state index in [4.69, 9.17) is 0 Å². The van der Waals surface area contributed by atoms with E-state index in [1.54, 1.807) is 0 Å². The number of nitrogens with zero attached hydrogens (tertiary/aromatic N) is 2. The second-order valence-electron chi connectivity index (χ2n) is 15.3. The van der Waals surface area contributed by atoms with Crippen molar-refractivity contribution in [2.24, 2.45) is 0 Å². The molecule has 2 heteroatoms. The topological polar surface area (TPSA) is 8.17 Å². The lowest BCUT2D eigenvalue weighted by atomic mass is 9.97. The average molecular weight is 765 g/mol. The van der Waals surface area contributed by atoms with Gasteiger partial charge in [-0.15, -0.1) is 0 Å². The molecule has 0 amide bonds. The lowest BCUT2D eigenvalue weighted by molar-refractivity contribution is 1.18. The zero-order valence-corrected chi connectivity index (χ0v) is 33.0. The molecule has 10 aromatic carbocycles. The quantitative estimate of drug-likeness (QED) is 0.150. The molecule has 0 aliphatic carbocycles. The Balaban J connectivity index is 1.00. The van der Waals surface area contributed by atoms with Gasteiger partial charge in [0.2, 0.25) is 0 Å². The van der Waals surface area contributed by atoms with E-state index < -0.39 is 0 Å². The van der Waals surface area contributed by atoms with Crippen molar-refractivity contribution >= 4 is 49.6 Å². The molecule has 2 nitrogen and oxygen atoms in total. The molecule has 0 atom stereocenters. The normalized spacial score (nSPS) is 11.3. The van der Waals surface area contributed by atoms with Crippen molar-refractivity contribution in [3.63, 3.8) is 0 Å². The van der Waals surface area contributed by atoms with Crippen molar-refractivity contribution in [3.8, 4) is 50.2 Å². The van der Waals surface area contributed by atoms with Crippen LogP contribution in [0.2, 0.25) is 0 Å². The van der Waals surface area contributed by atoms with Gasteiger partial charge in [-0.25, -0.2) is 0 Å². The Labute approximate surface area is 350 Å². The first-order valence-electron chi connectivity index (χ1n) is 20.6. The Kier molecular flexibility index (Phi) is 8.87. The maximum absolute atomic E-state index is 2.41. The number of benzene rings is 10. The Hall–Kier alpha value is -7.94. The van der Waals surface area contributed by atoms with Crippen LogP contribution in [0.15, 0.2) is 243 Å². The van der Waals surface area contributed by atoms with Crippen LogP contribution in [0.25, 0.3) is 82.8 Å². The lowest BCUT2D eigenvalue weighted by Gasteiger charge is -2.27. The van der Waals surface area contributed by atoms with Crippen molar-refractivity contribution in [3.05, 3.63) is 243 Å². The van der Waals surface area contributed by atoms with E-state index >= 15 is 0 Å². The van der Waals surface area contributed by atoms with Crippen LogP contribution in [-0.4, -0.2) is 4.57 Å². The molecule has 11 rings (SSSR count). The molecule has 1 heterocycles. The first kappa shape index (κ1) is 35.2. The van der Waals surface area contributed by atoms with Crippen LogP contribution in [0.5, 0.6) is 0 Å². The highest BCUT2D eigenvalue weighted by Crippen LogP contribution is 2.41. The van der Waals surface area contributed by atoms with Crippen molar-refractivity contribution < 1.29 is 0 Å². The second kappa shape index (κ2) is 15.1. The number of aromatic nitrogens is 1. The molecule has 0 saturated carbocycles. The molecule has 1 aromatic heterocycles. The van der Waals surface area contributed by atoms with Gasteiger partial charge in [-0.1, -0.05) is 188 Å². The second-order valence-corrected chi connectivity index (χ2v) is 15.3. The van der Waals surface area contributed by atoms with Crippen LogP contribution >= 0.6 is 0 Å². The van der Waals surface area contributed by atoms with Crippen molar-refractivity contribution in [1.82, 2.24) is 4.57 Å². The van der Waals surface area contributed by atoms with Gasteiger partial charge in [0, 0.05) is 33.4 Å². The fourth-order valence-electron chi connectivity index (χ4n) is 8.91. The molecule has 0 spiro atoms. The molecule has 0 aliphatic rings. The summed E-state index contributed by atoms with van der Waals surface area (Å²) in [5, 5.41) is 5.00. The smallest absolute Gasteiger partial charge is 0.0541 e. The Morgan fingerprint density at radius 2 is 0.717 bits per heavy atom. The molecule has 0 fully saturated rings. The summed E-state index contributed by atoms with van der Waals surface area (Å²) in [5.74, 6) is 0. The Morgan fingerprint density at radius 1 is 0.267 bits per heavy atom. The summed E-state index contributed by atoms with van der Waals surface area (Å²) in [4.78, 5) is 2.37. The fraction of sp³-hybridized carbons (Fsp3) is 0. The van der Waals surface area contributed by atoms with E-state index in [-0.39, 0.29) is 0 Å². The predicted octanol–water partition coefficient (Wildman–Crippen LogP) is 16.1. The van der Waals surface area contributed by atoms with Crippen LogP contribution in [0, 0.1) is 0 Å². The summed E-state index contributed by atoms with van der Waals surface area (Å²) in [6.45, 7) is 0. The molecule has 0 bridgehead atoms. The van der Waals surface area contributed by atoms with Crippen LogP contribution in [0.3, 0.4) is 0 Å². The highest BCUT2D eigenvalue weighted by molar-refractivity contribution is 6.09. The monoisotopic (exact) mass is 764 g/mol. The van der Waals surface area contributed by atoms with Gasteiger partial charge in [0.25, 0.3) is 0 Å². The third-order valence-corrected chi connectivity index (χ3v) is 11.8. The third-order valence-electron chi connectivity index (χ3n) is 11.8. The molecular formula is C58H40N2. The molecular weight excluding hydrogens is 725 g/mol. The van der Waals surface area contributed by atoms with Gasteiger partial charge in [0.15, 0.2) is 0 Å². The van der Waals surface area contributed by atoms with E-state index in [1.165, 1.54) is 71.5 Å². The van der Waals surface area contributed by atoms with Gasteiger partial charge < -0.3 is 9.47 Å². The standard InChI is InChI=1S/C58H40N2/c1-2-14-41(15-3-1)42-28-30-43(31-29-42)44-32-36-48(37-33-44)59(50-19-12-18-47(40-50)52-24-13-17-45-16-4-5-20-51(45)52)49-38-34-46(35-39-49)53-21-6-9-25-56(53)60-57-26-10-7-22-54(57)55-23-8-11-27-58(55)60/h1-40H. The highest BCUT2D eigenvalue weighted by atomic mass is 15.1. The molecule has 0 radical (unpaired) electrons. The summed E-state index contributed by atoms with van der Waals surface area (Å²) in [7, 11) is 0. The SMILES string of the molecule is c1ccc(-c2ccc(-c3ccc(N(c4ccc(-c5ccccc5-n5c6ccccc6c6ccccc65)cc4)c4cccc(-c5cccc6ccccc56)c4)cc3)cc2)cc1. The summed E-state index contributed by atoms with van der Waals surface area (Å²) >= 11 is 0. The van der Waals surface area contributed by atoms with Crippen molar-refractivity contribution in [2.45, 2.75) is 0 Å². The maximum Gasteiger partial charge on any atom is 0.0541 e. The highest BCUT2D eigenvalue weighted by Gasteiger charge is 2.18. The summed E-state index contributed by atoms with van der Waals surface area (Å²) in [5.41, 5.74) is 16.4. The summed E-state index contributed by atoms with van der Waals surface area (Å²) < 4.78 is 2.41. The van der Waals surface area contributed by atoms with Crippen LogP contribution in [-0.2, 0) is 0 Å². The van der Waals surface area contributed by atoms with Crippen LogP contribution < -0.4 is 4.90 Å². The number of anilines is 3. The first-order valence-corrected chi connectivity index (χ1v) is 20.6. The Bertz CT molecular complexity index is 3230. The summed E-state index contributed by atoms with van der Waals surface area (Å²) in [6, 6.07) is 87.8. The van der Waals surface area contributed by atoms with Crippen LogP contribution in [0.4, 0.5) is 17.1 Å². The van der Waals surface area contributed by atoms with Gasteiger partial charge in [-0.2, -0.15) is 0 Å². The zero-order valence-electron chi connectivity index (χ0n) is 33.0. The minimum atomic E-state index is 1.09.